The average Bonchev–Trinajstić information content (AvgIpc) is 3.01. The third kappa shape index (κ3) is 3.06. The number of anilines is 1. The minimum Gasteiger partial charge on any atom is -0.497 e. The fourth-order valence-corrected chi connectivity index (χ4v) is 3.32. The minimum absolute atomic E-state index is 0.0972. The van der Waals surface area contributed by atoms with Gasteiger partial charge in [-0.3, -0.25) is 4.79 Å². The van der Waals surface area contributed by atoms with E-state index in [0.29, 0.717) is 0 Å². The number of ether oxygens (including phenoxy) is 1. The van der Waals surface area contributed by atoms with E-state index in [1.807, 2.05) is 24.0 Å². The van der Waals surface area contributed by atoms with Gasteiger partial charge in [-0.15, -0.1) is 11.3 Å². The summed E-state index contributed by atoms with van der Waals surface area (Å²) in [5.74, 6) is 0.957. The number of rotatable bonds is 3. The molecule has 5 nitrogen and oxygen atoms in total. The molecule has 1 aliphatic heterocycles. The molecule has 1 fully saturated rings. The van der Waals surface area contributed by atoms with E-state index in [1.54, 1.807) is 13.3 Å². The molecule has 2 aromatic rings. The Morgan fingerprint density at radius 3 is 2.41 bits per heavy atom. The molecule has 1 aromatic carbocycles. The van der Waals surface area contributed by atoms with Gasteiger partial charge in [0.2, 0.25) is 0 Å². The van der Waals surface area contributed by atoms with Crippen molar-refractivity contribution in [3.05, 3.63) is 40.3 Å². The number of thiazole rings is 1. The smallest absolute Gasteiger partial charge is 0.265 e. The van der Waals surface area contributed by atoms with E-state index in [2.05, 4.69) is 22.0 Å². The first-order valence-electron chi connectivity index (χ1n) is 7.28. The Morgan fingerprint density at radius 2 is 1.86 bits per heavy atom. The van der Waals surface area contributed by atoms with Crippen molar-refractivity contribution in [2.75, 3.05) is 38.2 Å². The molecule has 0 unspecified atom stereocenters. The monoisotopic (exact) mass is 317 g/mol. The second kappa shape index (κ2) is 6.36. The highest BCUT2D eigenvalue weighted by Gasteiger charge is 2.23. The van der Waals surface area contributed by atoms with Crippen molar-refractivity contribution in [1.82, 2.24) is 9.88 Å². The molecular formula is C16H19N3O2S. The van der Waals surface area contributed by atoms with Crippen LogP contribution in [0, 0.1) is 6.92 Å². The van der Waals surface area contributed by atoms with Gasteiger partial charge >= 0.3 is 0 Å². The highest BCUT2D eigenvalue weighted by molar-refractivity contribution is 7.13. The van der Waals surface area contributed by atoms with Crippen molar-refractivity contribution in [1.29, 1.82) is 0 Å². The summed E-state index contributed by atoms with van der Waals surface area (Å²) in [5, 5.41) is 0.931. The Balaban J connectivity index is 1.61. The van der Waals surface area contributed by atoms with Gasteiger partial charge in [-0.2, -0.15) is 0 Å². The highest BCUT2D eigenvalue weighted by Crippen LogP contribution is 2.21. The summed E-state index contributed by atoms with van der Waals surface area (Å²) in [6.07, 6.45) is 1.68. The van der Waals surface area contributed by atoms with Crippen LogP contribution < -0.4 is 9.64 Å². The number of aryl methyl sites for hydroxylation is 1. The van der Waals surface area contributed by atoms with E-state index < -0.39 is 0 Å². The van der Waals surface area contributed by atoms with Crippen LogP contribution in [0.4, 0.5) is 5.69 Å². The van der Waals surface area contributed by atoms with Crippen molar-refractivity contribution in [2.45, 2.75) is 6.92 Å². The lowest BCUT2D eigenvalue weighted by Crippen LogP contribution is -2.48. The average molecular weight is 317 g/mol. The second-order valence-electron chi connectivity index (χ2n) is 5.22. The molecule has 0 saturated carbocycles. The summed E-state index contributed by atoms with van der Waals surface area (Å²) in [5.41, 5.74) is 1.17. The van der Waals surface area contributed by atoms with Gasteiger partial charge < -0.3 is 14.5 Å². The normalized spacial score (nSPS) is 15.0. The van der Waals surface area contributed by atoms with Gasteiger partial charge in [-0.1, -0.05) is 0 Å². The summed E-state index contributed by atoms with van der Waals surface area (Å²) in [6, 6.07) is 8.05. The Bertz CT molecular complexity index is 646. The van der Waals surface area contributed by atoms with Gasteiger partial charge in [0.1, 0.15) is 10.6 Å². The van der Waals surface area contributed by atoms with Crippen LogP contribution in [0.1, 0.15) is 14.7 Å². The van der Waals surface area contributed by atoms with Crippen LogP contribution in [0.25, 0.3) is 0 Å². The SMILES string of the molecule is COc1ccc(N2CCN(C(=O)c3cnc(C)s3)CC2)cc1. The molecule has 1 aromatic heterocycles. The molecule has 0 radical (unpaired) electrons. The van der Waals surface area contributed by atoms with Crippen LogP contribution in [-0.2, 0) is 0 Å². The molecule has 0 spiro atoms. The number of hydrogen-bond donors (Lipinski definition) is 0. The van der Waals surface area contributed by atoms with Gasteiger partial charge in [0, 0.05) is 31.9 Å². The first kappa shape index (κ1) is 14.8. The highest BCUT2D eigenvalue weighted by atomic mass is 32.1. The van der Waals surface area contributed by atoms with E-state index in [-0.39, 0.29) is 5.91 Å². The van der Waals surface area contributed by atoms with E-state index in [1.165, 1.54) is 17.0 Å². The lowest BCUT2D eigenvalue weighted by molar-refractivity contribution is 0.0751. The summed E-state index contributed by atoms with van der Waals surface area (Å²) in [4.78, 5) is 21.5. The first-order valence-corrected chi connectivity index (χ1v) is 8.10. The van der Waals surface area contributed by atoms with Gasteiger partial charge in [0.25, 0.3) is 5.91 Å². The van der Waals surface area contributed by atoms with Crippen LogP contribution in [0.5, 0.6) is 5.75 Å². The number of piperazine rings is 1. The zero-order valence-corrected chi connectivity index (χ0v) is 13.6. The molecule has 1 aliphatic rings. The number of methoxy groups -OCH3 is 1. The molecule has 6 heteroatoms. The van der Waals surface area contributed by atoms with Gasteiger partial charge in [0.15, 0.2) is 0 Å². The topological polar surface area (TPSA) is 45.7 Å². The Hall–Kier alpha value is -2.08. The Morgan fingerprint density at radius 1 is 1.18 bits per heavy atom. The van der Waals surface area contributed by atoms with Crippen molar-refractivity contribution in [3.63, 3.8) is 0 Å². The van der Waals surface area contributed by atoms with Gasteiger partial charge in [-0.25, -0.2) is 4.98 Å². The third-order valence-electron chi connectivity index (χ3n) is 3.84. The van der Waals surface area contributed by atoms with E-state index in [0.717, 1.165) is 41.8 Å². The third-order valence-corrected chi connectivity index (χ3v) is 4.74. The molecule has 116 valence electrons. The molecule has 22 heavy (non-hydrogen) atoms. The maximum atomic E-state index is 12.4. The zero-order valence-electron chi connectivity index (χ0n) is 12.8. The molecule has 0 atom stereocenters. The van der Waals surface area contributed by atoms with E-state index in [9.17, 15) is 4.79 Å². The Kier molecular flexibility index (Phi) is 4.29. The van der Waals surface area contributed by atoms with Crippen molar-refractivity contribution in [2.24, 2.45) is 0 Å². The van der Waals surface area contributed by atoms with Crippen LogP contribution >= 0.6 is 11.3 Å². The fourth-order valence-electron chi connectivity index (χ4n) is 2.58. The molecule has 0 aliphatic carbocycles. The zero-order chi connectivity index (χ0) is 15.5. The summed E-state index contributed by atoms with van der Waals surface area (Å²) < 4.78 is 5.18. The standard InChI is InChI=1S/C16H19N3O2S/c1-12-17-11-15(22-12)16(20)19-9-7-18(8-10-19)13-3-5-14(21-2)6-4-13/h3-6,11H,7-10H2,1-2H3. The number of hydrogen-bond acceptors (Lipinski definition) is 5. The van der Waals surface area contributed by atoms with Gasteiger partial charge in [0.05, 0.1) is 18.3 Å². The number of carbonyl (C=O) groups excluding carboxylic acids is 1. The quantitative estimate of drug-likeness (QED) is 0.872. The maximum Gasteiger partial charge on any atom is 0.265 e. The summed E-state index contributed by atoms with van der Waals surface area (Å²) >= 11 is 1.46. The molecule has 2 heterocycles. The van der Waals surface area contributed by atoms with Crippen molar-refractivity contribution < 1.29 is 9.53 Å². The minimum atomic E-state index is 0.0972. The summed E-state index contributed by atoms with van der Waals surface area (Å²) in [7, 11) is 1.67. The maximum absolute atomic E-state index is 12.4. The van der Waals surface area contributed by atoms with E-state index >= 15 is 0 Å². The molecular weight excluding hydrogens is 298 g/mol. The fraction of sp³-hybridized carbons (Fsp3) is 0.375. The van der Waals surface area contributed by atoms with Crippen LogP contribution in [0.3, 0.4) is 0 Å². The molecule has 0 bridgehead atoms. The van der Waals surface area contributed by atoms with Gasteiger partial charge in [-0.05, 0) is 31.2 Å². The predicted molar refractivity (Wildman–Crippen MR) is 88.0 cm³/mol. The number of carbonyl (C=O) groups is 1. The lowest BCUT2D eigenvalue weighted by atomic mass is 10.2. The molecule has 3 rings (SSSR count). The number of amides is 1. The van der Waals surface area contributed by atoms with Crippen molar-refractivity contribution in [3.8, 4) is 5.75 Å². The Labute approximate surface area is 134 Å². The van der Waals surface area contributed by atoms with Crippen LogP contribution in [-0.4, -0.2) is 49.1 Å². The lowest BCUT2D eigenvalue weighted by Gasteiger charge is -2.36. The molecule has 1 amide bonds. The molecule has 0 N–H and O–H groups in total. The van der Waals surface area contributed by atoms with E-state index in [4.69, 9.17) is 4.74 Å². The number of nitrogens with zero attached hydrogens (tertiary/aromatic N) is 3. The van der Waals surface area contributed by atoms with Crippen LogP contribution in [0.2, 0.25) is 0 Å². The predicted octanol–water partition coefficient (Wildman–Crippen LogP) is 2.42. The van der Waals surface area contributed by atoms with Crippen molar-refractivity contribution >= 4 is 22.9 Å². The number of benzene rings is 1. The second-order valence-corrected chi connectivity index (χ2v) is 6.46. The molecule has 1 saturated heterocycles. The largest absolute Gasteiger partial charge is 0.497 e. The summed E-state index contributed by atoms with van der Waals surface area (Å²) in [6.45, 7) is 5.08. The van der Waals surface area contributed by atoms with Crippen LogP contribution in [0.15, 0.2) is 30.5 Å². The number of aromatic nitrogens is 1. The first-order chi connectivity index (χ1) is 10.7.